The van der Waals surface area contributed by atoms with E-state index in [1.807, 2.05) is 30.4 Å². The van der Waals surface area contributed by atoms with Crippen LogP contribution in [0.5, 0.6) is 11.5 Å². The lowest BCUT2D eigenvalue weighted by atomic mass is 9.85. The maximum atomic E-state index is 10.9. The predicted octanol–water partition coefficient (Wildman–Crippen LogP) is 7.90. The zero-order valence-electron chi connectivity index (χ0n) is 26.4. The third-order valence-electron chi connectivity index (χ3n) is 7.76. The first-order valence-corrected chi connectivity index (χ1v) is 16.8. The van der Waals surface area contributed by atoms with E-state index in [0.29, 0.717) is 12.4 Å². The molecule has 3 N–H and O–H groups in total. The number of ether oxygens (including phenoxy) is 1. The van der Waals surface area contributed by atoms with Crippen LogP contribution in [-0.4, -0.2) is 63.8 Å². The second kappa shape index (κ2) is 14.9. The van der Waals surface area contributed by atoms with Crippen molar-refractivity contribution in [3.05, 3.63) is 47.0 Å². The minimum atomic E-state index is -0.142. The van der Waals surface area contributed by atoms with Gasteiger partial charge in [-0.05, 0) is 98.7 Å². The van der Waals surface area contributed by atoms with E-state index in [1.165, 1.54) is 15.4 Å². The molecule has 1 heterocycles. The molecule has 0 unspecified atom stereocenters. The Labute approximate surface area is 257 Å². The molecule has 0 radical (unpaired) electrons. The van der Waals surface area contributed by atoms with Crippen molar-refractivity contribution in [3.63, 3.8) is 0 Å². The predicted molar refractivity (Wildman–Crippen MR) is 175 cm³/mol. The number of hydrogen-bond acceptors (Lipinski definition) is 7. The van der Waals surface area contributed by atoms with Crippen molar-refractivity contribution in [1.82, 2.24) is 4.90 Å². The lowest BCUT2D eigenvalue weighted by Crippen LogP contribution is -2.41. The molecule has 1 aliphatic rings. The van der Waals surface area contributed by atoms with Gasteiger partial charge < -0.3 is 25.0 Å². The number of unbranched alkanes of at least 4 members (excludes halogenated alkanes) is 2. The lowest BCUT2D eigenvalue weighted by molar-refractivity contribution is 0.210. The molecule has 1 fully saturated rings. The van der Waals surface area contributed by atoms with Crippen molar-refractivity contribution in [1.29, 1.82) is 0 Å². The number of phenols is 1. The fourth-order valence-electron chi connectivity index (χ4n) is 5.28. The second-order valence-electron chi connectivity index (χ2n) is 13.5. The van der Waals surface area contributed by atoms with Crippen LogP contribution in [0.1, 0.15) is 96.8 Å². The van der Waals surface area contributed by atoms with Crippen molar-refractivity contribution in [2.75, 3.05) is 39.5 Å². The number of aryl methyl sites for hydroxylation is 1. The molecule has 1 aliphatic heterocycles. The first-order chi connectivity index (χ1) is 19.3. The van der Waals surface area contributed by atoms with Crippen LogP contribution in [0, 0.1) is 6.92 Å². The van der Waals surface area contributed by atoms with E-state index >= 15 is 0 Å². The summed E-state index contributed by atoms with van der Waals surface area (Å²) in [5.41, 5.74) is 2.94. The molecule has 0 amide bonds. The van der Waals surface area contributed by atoms with Crippen LogP contribution < -0.4 is 4.74 Å². The third kappa shape index (κ3) is 9.82. The summed E-state index contributed by atoms with van der Waals surface area (Å²) in [4.78, 5) is 5.01. The maximum absolute atomic E-state index is 10.9. The third-order valence-corrected chi connectivity index (χ3v) is 10.8. The molecular weight excluding hydrogens is 551 g/mol. The number of piperidine rings is 1. The number of hydrogen-bond donors (Lipinski definition) is 3. The van der Waals surface area contributed by atoms with Crippen LogP contribution in [0.2, 0.25) is 0 Å². The highest BCUT2D eigenvalue weighted by Crippen LogP contribution is 2.53. The number of likely N-dealkylation sites (tertiary alicyclic amines) is 1. The van der Waals surface area contributed by atoms with Gasteiger partial charge in [-0.1, -0.05) is 41.5 Å². The molecular formula is C34H53NO4S2. The van der Waals surface area contributed by atoms with Crippen LogP contribution >= 0.6 is 23.5 Å². The molecule has 41 heavy (non-hydrogen) atoms. The fraction of sp³-hybridized carbons (Fsp3) is 0.647. The van der Waals surface area contributed by atoms with E-state index in [0.717, 1.165) is 75.0 Å². The normalized spacial score (nSPS) is 16.2. The molecule has 2 aromatic rings. The second-order valence-corrected chi connectivity index (χ2v) is 16.6. The summed E-state index contributed by atoms with van der Waals surface area (Å²) in [5, 5.41) is 29.2. The first-order valence-electron chi connectivity index (χ1n) is 15.2. The van der Waals surface area contributed by atoms with Gasteiger partial charge >= 0.3 is 0 Å². The number of thioether (sulfide) groups is 2. The Hall–Kier alpha value is -1.38. The SMILES string of the molecule is Cc1cc(SC2(Sc3ccc(OCCCCO)c(C(C)(C)C)c3)CCN(CCCCO)CC2)cc(C(C)(C)C)c1O. The Morgan fingerprint density at radius 2 is 1.39 bits per heavy atom. The zero-order valence-corrected chi connectivity index (χ0v) is 28.0. The van der Waals surface area contributed by atoms with Gasteiger partial charge in [0.1, 0.15) is 11.5 Å². The summed E-state index contributed by atoms with van der Waals surface area (Å²) >= 11 is 3.93. The van der Waals surface area contributed by atoms with Gasteiger partial charge in [0.25, 0.3) is 0 Å². The van der Waals surface area contributed by atoms with Gasteiger partial charge in [-0.25, -0.2) is 0 Å². The molecule has 0 atom stereocenters. The number of aliphatic hydroxyl groups is 2. The molecule has 0 aliphatic carbocycles. The first kappa shape index (κ1) is 34.1. The molecule has 0 spiro atoms. The van der Waals surface area contributed by atoms with Crippen LogP contribution in [-0.2, 0) is 10.8 Å². The molecule has 0 aromatic heterocycles. The lowest BCUT2D eigenvalue weighted by Gasteiger charge is -2.41. The van der Waals surface area contributed by atoms with Crippen molar-refractivity contribution in [3.8, 4) is 11.5 Å². The smallest absolute Gasteiger partial charge is 0.123 e. The largest absolute Gasteiger partial charge is 0.507 e. The Kier molecular flexibility index (Phi) is 12.4. The summed E-state index contributed by atoms with van der Waals surface area (Å²) in [7, 11) is 0. The Morgan fingerprint density at radius 1 is 0.805 bits per heavy atom. The minimum absolute atomic E-state index is 0.0370. The Balaban J connectivity index is 1.93. The van der Waals surface area contributed by atoms with Gasteiger partial charge in [-0.3, -0.25) is 0 Å². The van der Waals surface area contributed by atoms with Crippen LogP contribution in [0.3, 0.4) is 0 Å². The summed E-state index contributed by atoms with van der Waals surface area (Å²) in [5.74, 6) is 1.34. The average Bonchev–Trinajstić information content (AvgIpc) is 2.89. The number of phenolic OH excluding ortho intramolecular Hbond substituents is 1. The van der Waals surface area contributed by atoms with E-state index in [4.69, 9.17) is 9.84 Å². The number of benzene rings is 2. The molecule has 3 rings (SSSR count). The topological polar surface area (TPSA) is 73.2 Å². The van der Waals surface area contributed by atoms with Crippen LogP contribution in [0.25, 0.3) is 0 Å². The van der Waals surface area contributed by atoms with Crippen LogP contribution in [0.4, 0.5) is 0 Å². The van der Waals surface area contributed by atoms with Gasteiger partial charge in [-0.2, -0.15) is 0 Å². The number of aromatic hydroxyl groups is 1. The van der Waals surface area contributed by atoms with Gasteiger partial charge in [0.05, 0.1) is 10.7 Å². The van der Waals surface area contributed by atoms with Crippen molar-refractivity contribution in [2.45, 2.75) is 112 Å². The maximum Gasteiger partial charge on any atom is 0.123 e. The zero-order chi connectivity index (χ0) is 30.3. The Morgan fingerprint density at radius 3 is 2.00 bits per heavy atom. The molecule has 5 nitrogen and oxygen atoms in total. The molecule has 230 valence electrons. The summed E-state index contributed by atoms with van der Waals surface area (Å²) in [6, 6.07) is 11.0. The van der Waals surface area contributed by atoms with Crippen molar-refractivity contribution >= 4 is 23.5 Å². The van der Waals surface area contributed by atoms with E-state index in [-0.39, 0.29) is 28.1 Å². The Bertz CT molecular complexity index is 1110. The van der Waals surface area contributed by atoms with E-state index < -0.39 is 0 Å². The van der Waals surface area contributed by atoms with Gasteiger partial charge in [-0.15, -0.1) is 23.5 Å². The quantitative estimate of drug-likeness (QED) is 0.159. The number of nitrogens with zero attached hydrogens (tertiary/aromatic N) is 1. The van der Waals surface area contributed by atoms with Crippen LogP contribution in [0.15, 0.2) is 40.1 Å². The molecule has 1 saturated heterocycles. The highest BCUT2D eigenvalue weighted by molar-refractivity contribution is 8.18. The minimum Gasteiger partial charge on any atom is -0.507 e. The summed E-state index contributed by atoms with van der Waals surface area (Å²) in [6.07, 6.45) is 5.59. The highest BCUT2D eigenvalue weighted by atomic mass is 32.2. The van der Waals surface area contributed by atoms with Crippen molar-refractivity contribution in [2.24, 2.45) is 0 Å². The molecule has 2 aromatic carbocycles. The number of rotatable bonds is 13. The molecule has 7 heteroatoms. The van der Waals surface area contributed by atoms with Crippen molar-refractivity contribution < 1.29 is 20.1 Å². The fourth-order valence-corrected chi connectivity index (χ4v) is 8.38. The summed E-state index contributed by atoms with van der Waals surface area (Å²) < 4.78 is 6.15. The van der Waals surface area contributed by atoms with Gasteiger partial charge in [0.2, 0.25) is 0 Å². The van der Waals surface area contributed by atoms with Gasteiger partial charge in [0, 0.05) is 47.2 Å². The highest BCUT2D eigenvalue weighted by Gasteiger charge is 2.38. The number of aliphatic hydroxyl groups excluding tert-OH is 2. The summed E-state index contributed by atoms with van der Waals surface area (Å²) in [6.45, 7) is 19.4. The monoisotopic (exact) mass is 603 g/mol. The van der Waals surface area contributed by atoms with E-state index in [9.17, 15) is 10.2 Å². The van der Waals surface area contributed by atoms with E-state index in [1.54, 1.807) is 0 Å². The van der Waals surface area contributed by atoms with E-state index in [2.05, 4.69) is 76.8 Å². The standard InChI is InChI=1S/C34H53NO4S2/c1-25-22-27(24-29(31(25)38)33(5,6)7)41-34(14-17-35(18-15-34)16-8-9-19-36)40-26-12-13-30(39-21-11-10-20-37)28(23-26)32(2,3)4/h12-13,22-24,36-38H,8-11,14-21H2,1-7H3. The molecule has 0 bridgehead atoms. The van der Waals surface area contributed by atoms with Gasteiger partial charge in [0.15, 0.2) is 0 Å². The average molecular weight is 604 g/mol. The molecule has 0 saturated carbocycles.